The number of pyridine rings is 1. The number of benzene rings is 1. The second kappa shape index (κ2) is 6.13. The van der Waals surface area contributed by atoms with Gasteiger partial charge in [0.2, 0.25) is 10.0 Å². The first-order valence-electron chi connectivity index (χ1n) is 6.24. The van der Waals surface area contributed by atoms with Crippen LogP contribution in [0.25, 0.3) is 0 Å². The average molecular weight is 370 g/mol. The lowest BCUT2D eigenvalue weighted by Crippen LogP contribution is -2.27. The number of rotatable bonds is 4. The zero-order valence-corrected chi connectivity index (χ0v) is 14.1. The van der Waals surface area contributed by atoms with Crippen molar-refractivity contribution in [2.45, 2.75) is 18.4 Å². The van der Waals surface area contributed by atoms with E-state index in [2.05, 4.69) is 20.9 Å². The minimum Gasteiger partial charge on any atom is -0.398 e. The Balaban J connectivity index is 2.38. The lowest BCUT2D eigenvalue weighted by Gasteiger charge is -2.19. The minimum atomic E-state index is -3.63. The van der Waals surface area contributed by atoms with E-state index in [9.17, 15) is 8.42 Å². The fourth-order valence-corrected chi connectivity index (χ4v) is 3.96. The van der Waals surface area contributed by atoms with Crippen molar-refractivity contribution in [2.24, 2.45) is 0 Å². The third-order valence-corrected chi connectivity index (χ3v) is 5.55. The number of hydrogen-bond donors (Lipinski definition) is 1. The number of nitrogen functional groups attached to an aromatic ring is 1. The van der Waals surface area contributed by atoms with Crippen LogP contribution in [0.2, 0.25) is 0 Å². The smallest absolute Gasteiger partial charge is 0.243 e. The third-order valence-electron chi connectivity index (χ3n) is 3.16. The highest BCUT2D eigenvalue weighted by molar-refractivity contribution is 9.10. The molecule has 2 N–H and O–H groups in total. The highest BCUT2D eigenvalue weighted by Gasteiger charge is 2.24. The summed E-state index contributed by atoms with van der Waals surface area (Å²) in [5.41, 5.74) is 7.52. The molecule has 0 saturated carbocycles. The van der Waals surface area contributed by atoms with Crippen LogP contribution in [0, 0.1) is 6.92 Å². The summed E-state index contributed by atoms with van der Waals surface area (Å²) in [6, 6.07) is 8.65. The van der Waals surface area contributed by atoms with Gasteiger partial charge in [0.05, 0.1) is 17.1 Å². The molecule has 2 aromatic rings. The molecule has 5 nitrogen and oxygen atoms in total. The molecule has 0 aliphatic rings. The molecular weight excluding hydrogens is 354 g/mol. The van der Waals surface area contributed by atoms with Crippen molar-refractivity contribution in [3.63, 3.8) is 0 Å². The van der Waals surface area contributed by atoms with Gasteiger partial charge in [-0.3, -0.25) is 4.98 Å². The van der Waals surface area contributed by atoms with Crippen LogP contribution >= 0.6 is 15.9 Å². The van der Waals surface area contributed by atoms with Crippen molar-refractivity contribution in [2.75, 3.05) is 12.8 Å². The molecule has 2 rings (SSSR count). The van der Waals surface area contributed by atoms with Gasteiger partial charge in [0.1, 0.15) is 0 Å². The standard InChI is InChI=1S/C14H16BrN3O2S/c1-10-13(16)7-11(15)8-14(10)21(19,20)18(2)9-12-5-3-4-6-17-12/h3-8H,9,16H2,1-2H3. The quantitative estimate of drug-likeness (QED) is 0.840. The molecule has 0 bridgehead atoms. The fraction of sp³-hybridized carbons (Fsp3) is 0.214. The van der Waals surface area contributed by atoms with Crippen LogP contribution in [0.5, 0.6) is 0 Å². The molecule has 0 radical (unpaired) electrons. The summed E-state index contributed by atoms with van der Waals surface area (Å²) in [4.78, 5) is 4.35. The monoisotopic (exact) mass is 369 g/mol. The molecule has 0 unspecified atom stereocenters. The Bertz CT molecular complexity index is 748. The fourth-order valence-electron chi connectivity index (χ4n) is 1.91. The van der Waals surface area contributed by atoms with Crippen molar-refractivity contribution >= 4 is 31.6 Å². The van der Waals surface area contributed by atoms with E-state index in [1.807, 2.05) is 6.07 Å². The van der Waals surface area contributed by atoms with E-state index in [0.717, 1.165) is 0 Å². The van der Waals surface area contributed by atoms with Gasteiger partial charge in [-0.1, -0.05) is 22.0 Å². The van der Waals surface area contributed by atoms with Crippen LogP contribution in [-0.4, -0.2) is 24.8 Å². The molecule has 0 amide bonds. The molecule has 1 heterocycles. The Morgan fingerprint density at radius 3 is 2.67 bits per heavy atom. The minimum absolute atomic E-state index is 0.202. The highest BCUT2D eigenvalue weighted by atomic mass is 79.9. The second-order valence-electron chi connectivity index (χ2n) is 4.70. The Morgan fingerprint density at radius 1 is 1.33 bits per heavy atom. The van der Waals surface area contributed by atoms with Gasteiger partial charge in [0.25, 0.3) is 0 Å². The number of anilines is 1. The summed E-state index contributed by atoms with van der Waals surface area (Å²) in [5, 5.41) is 0. The molecular formula is C14H16BrN3O2S. The maximum atomic E-state index is 12.7. The van der Waals surface area contributed by atoms with Gasteiger partial charge >= 0.3 is 0 Å². The Kier molecular flexibility index (Phi) is 4.65. The molecule has 1 aromatic carbocycles. The Labute approximate surface area is 133 Å². The van der Waals surface area contributed by atoms with Crippen molar-refractivity contribution < 1.29 is 8.42 Å². The van der Waals surface area contributed by atoms with Gasteiger partial charge < -0.3 is 5.73 Å². The lowest BCUT2D eigenvalue weighted by atomic mass is 10.2. The van der Waals surface area contributed by atoms with E-state index in [4.69, 9.17) is 5.73 Å². The zero-order valence-electron chi connectivity index (χ0n) is 11.7. The number of aromatic nitrogens is 1. The number of nitrogens with two attached hydrogens (primary N) is 1. The first-order valence-corrected chi connectivity index (χ1v) is 8.47. The topological polar surface area (TPSA) is 76.3 Å². The molecule has 0 atom stereocenters. The molecule has 1 aromatic heterocycles. The van der Waals surface area contributed by atoms with Gasteiger partial charge in [0.15, 0.2) is 0 Å². The van der Waals surface area contributed by atoms with E-state index in [0.29, 0.717) is 21.4 Å². The average Bonchev–Trinajstić information content (AvgIpc) is 2.43. The third kappa shape index (κ3) is 3.42. The van der Waals surface area contributed by atoms with Crippen molar-refractivity contribution in [3.8, 4) is 0 Å². The maximum absolute atomic E-state index is 12.7. The van der Waals surface area contributed by atoms with E-state index >= 15 is 0 Å². The van der Waals surface area contributed by atoms with Crippen molar-refractivity contribution in [1.82, 2.24) is 9.29 Å². The van der Waals surface area contributed by atoms with Crippen LogP contribution in [0.15, 0.2) is 45.9 Å². The Morgan fingerprint density at radius 2 is 2.05 bits per heavy atom. The van der Waals surface area contributed by atoms with Gasteiger partial charge in [0, 0.05) is 23.4 Å². The summed E-state index contributed by atoms with van der Waals surface area (Å²) in [6.45, 7) is 1.90. The number of sulfonamides is 1. The molecule has 0 fully saturated rings. The summed E-state index contributed by atoms with van der Waals surface area (Å²) < 4.78 is 27.3. The molecule has 0 aliphatic heterocycles. The van der Waals surface area contributed by atoms with Crippen LogP contribution in [0.4, 0.5) is 5.69 Å². The molecule has 0 spiro atoms. The van der Waals surface area contributed by atoms with Crippen molar-refractivity contribution in [3.05, 3.63) is 52.3 Å². The van der Waals surface area contributed by atoms with Crippen LogP contribution in [0.1, 0.15) is 11.3 Å². The predicted octanol–water partition coefficient (Wildman–Crippen LogP) is 2.56. The molecule has 7 heteroatoms. The van der Waals surface area contributed by atoms with Crippen LogP contribution in [0.3, 0.4) is 0 Å². The number of halogens is 1. The van der Waals surface area contributed by atoms with E-state index in [1.54, 1.807) is 37.4 Å². The lowest BCUT2D eigenvalue weighted by molar-refractivity contribution is 0.461. The van der Waals surface area contributed by atoms with E-state index in [1.165, 1.54) is 11.4 Å². The maximum Gasteiger partial charge on any atom is 0.243 e. The SMILES string of the molecule is Cc1c(N)cc(Br)cc1S(=O)(=O)N(C)Cc1ccccn1. The largest absolute Gasteiger partial charge is 0.398 e. The van der Waals surface area contributed by atoms with Crippen LogP contribution in [-0.2, 0) is 16.6 Å². The molecule has 0 aliphatic carbocycles. The first-order chi connectivity index (χ1) is 9.82. The zero-order chi connectivity index (χ0) is 15.6. The first kappa shape index (κ1) is 15.9. The number of hydrogen-bond acceptors (Lipinski definition) is 4. The van der Waals surface area contributed by atoms with Gasteiger partial charge in [-0.2, -0.15) is 4.31 Å². The summed E-state index contributed by atoms with van der Waals surface area (Å²) in [6.07, 6.45) is 1.64. The summed E-state index contributed by atoms with van der Waals surface area (Å²) >= 11 is 3.28. The van der Waals surface area contributed by atoms with Crippen LogP contribution < -0.4 is 5.73 Å². The normalized spacial score (nSPS) is 11.8. The second-order valence-corrected chi connectivity index (χ2v) is 7.63. The molecule has 0 saturated heterocycles. The van der Waals surface area contributed by atoms with Gasteiger partial charge in [-0.05, 0) is 36.8 Å². The van der Waals surface area contributed by atoms with Gasteiger partial charge in [-0.25, -0.2) is 8.42 Å². The van der Waals surface area contributed by atoms with E-state index < -0.39 is 10.0 Å². The summed E-state index contributed by atoms with van der Waals surface area (Å²) in [7, 11) is -2.10. The predicted molar refractivity (Wildman–Crippen MR) is 86.2 cm³/mol. The molecule has 112 valence electrons. The van der Waals surface area contributed by atoms with Crippen molar-refractivity contribution in [1.29, 1.82) is 0 Å². The number of nitrogens with zero attached hydrogens (tertiary/aromatic N) is 2. The van der Waals surface area contributed by atoms with E-state index in [-0.39, 0.29) is 11.4 Å². The highest BCUT2D eigenvalue weighted by Crippen LogP contribution is 2.28. The Hall–Kier alpha value is -1.44. The molecule has 21 heavy (non-hydrogen) atoms. The van der Waals surface area contributed by atoms with Gasteiger partial charge in [-0.15, -0.1) is 0 Å². The summed E-state index contributed by atoms with van der Waals surface area (Å²) in [5.74, 6) is 0.